The molecule has 1 unspecified atom stereocenters. The molecular weight excluding hydrogens is 210 g/mol. The van der Waals surface area contributed by atoms with Gasteiger partial charge in [0.25, 0.3) is 0 Å². The molecule has 2 heteroatoms. The van der Waals surface area contributed by atoms with Gasteiger partial charge in [0.05, 0.1) is 6.61 Å². The van der Waals surface area contributed by atoms with E-state index in [1.54, 1.807) is 0 Å². The van der Waals surface area contributed by atoms with Crippen molar-refractivity contribution in [1.29, 1.82) is 0 Å². The average Bonchev–Trinajstić information content (AvgIpc) is 2.38. The maximum Gasteiger partial charge on any atom is 0.0619 e. The predicted octanol–water partition coefficient (Wildman–Crippen LogP) is 3.08. The summed E-state index contributed by atoms with van der Waals surface area (Å²) in [6.07, 6.45) is 2.42. The van der Waals surface area contributed by atoms with Gasteiger partial charge in [-0.3, -0.25) is 0 Å². The molecule has 1 atom stereocenters. The molecule has 1 aromatic carbocycles. The van der Waals surface area contributed by atoms with Crippen LogP contribution in [0.4, 0.5) is 0 Å². The zero-order valence-corrected chi connectivity index (χ0v) is 10.9. The molecule has 1 aliphatic rings. The van der Waals surface area contributed by atoms with Crippen molar-refractivity contribution in [3.8, 4) is 0 Å². The van der Waals surface area contributed by atoms with E-state index in [0.717, 1.165) is 19.8 Å². The molecule has 1 aromatic rings. The van der Waals surface area contributed by atoms with Crippen LogP contribution in [0.2, 0.25) is 0 Å². The van der Waals surface area contributed by atoms with Crippen molar-refractivity contribution in [1.82, 2.24) is 5.32 Å². The van der Waals surface area contributed by atoms with Crippen LogP contribution < -0.4 is 5.32 Å². The van der Waals surface area contributed by atoms with Gasteiger partial charge in [-0.05, 0) is 29.9 Å². The van der Waals surface area contributed by atoms with E-state index in [2.05, 4.69) is 43.4 Å². The summed E-state index contributed by atoms with van der Waals surface area (Å²) in [7, 11) is 0. The SMILES string of the molecule is CC(C)c1ccc(CNC2CCCOC2)cc1. The topological polar surface area (TPSA) is 21.3 Å². The zero-order chi connectivity index (χ0) is 12.1. The molecule has 1 aliphatic heterocycles. The molecule has 0 spiro atoms. The van der Waals surface area contributed by atoms with Crippen LogP contribution in [0.5, 0.6) is 0 Å². The van der Waals surface area contributed by atoms with Crippen LogP contribution in [-0.4, -0.2) is 19.3 Å². The quantitative estimate of drug-likeness (QED) is 0.863. The van der Waals surface area contributed by atoms with Crippen LogP contribution in [0, 0.1) is 0 Å². The molecule has 2 rings (SSSR count). The molecule has 1 N–H and O–H groups in total. The third-order valence-corrected chi connectivity index (χ3v) is 3.40. The zero-order valence-electron chi connectivity index (χ0n) is 10.9. The first kappa shape index (κ1) is 12.6. The fourth-order valence-corrected chi connectivity index (χ4v) is 2.18. The second kappa shape index (κ2) is 6.18. The van der Waals surface area contributed by atoms with Gasteiger partial charge in [-0.25, -0.2) is 0 Å². The molecule has 0 aromatic heterocycles. The van der Waals surface area contributed by atoms with E-state index in [4.69, 9.17) is 4.74 Å². The van der Waals surface area contributed by atoms with E-state index in [-0.39, 0.29) is 0 Å². The van der Waals surface area contributed by atoms with Crippen LogP contribution in [0.15, 0.2) is 24.3 Å². The first-order chi connectivity index (χ1) is 8.25. The summed E-state index contributed by atoms with van der Waals surface area (Å²) in [4.78, 5) is 0. The van der Waals surface area contributed by atoms with Crippen LogP contribution in [0.1, 0.15) is 43.7 Å². The Hall–Kier alpha value is -0.860. The molecule has 0 aliphatic carbocycles. The number of ether oxygens (including phenoxy) is 1. The lowest BCUT2D eigenvalue weighted by molar-refractivity contribution is 0.0699. The van der Waals surface area contributed by atoms with Crippen molar-refractivity contribution in [2.24, 2.45) is 0 Å². The lowest BCUT2D eigenvalue weighted by Gasteiger charge is -2.23. The normalized spacial score (nSPS) is 20.8. The van der Waals surface area contributed by atoms with Crippen molar-refractivity contribution < 1.29 is 4.74 Å². The minimum Gasteiger partial charge on any atom is -0.380 e. The molecule has 0 amide bonds. The van der Waals surface area contributed by atoms with Crippen LogP contribution in [0.3, 0.4) is 0 Å². The van der Waals surface area contributed by atoms with Gasteiger partial charge < -0.3 is 10.1 Å². The highest BCUT2D eigenvalue weighted by Gasteiger charge is 2.12. The lowest BCUT2D eigenvalue weighted by atomic mass is 10.0. The number of hydrogen-bond acceptors (Lipinski definition) is 2. The van der Waals surface area contributed by atoms with Gasteiger partial charge in [0, 0.05) is 19.2 Å². The van der Waals surface area contributed by atoms with Crippen molar-refractivity contribution >= 4 is 0 Å². The molecule has 0 saturated carbocycles. The first-order valence-electron chi connectivity index (χ1n) is 6.65. The van der Waals surface area contributed by atoms with E-state index in [9.17, 15) is 0 Å². The molecule has 2 nitrogen and oxygen atoms in total. The lowest BCUT2D eigenvalue weighted by Crippen LogP contribution is -2.36. The second-order valence-corrected chi connectivity index (χ2v) is 5.19. The van der Waals surface area contributed by atoms with Gasteiger partial charge in [0.1, 0.15) is 0 Å². The average molecular weight is 233 g/mol. The number of rotatable bonds is 4. The Balaban J connectivity index is 1.82. The van der Waals surface area contributed by atoms with Crippen LogP contribution >= 0.6 is 0 Å². The summed E-state index contributed by atoms with van der Waals surface area (Å²) in [5, 5.41) is 3.56. The molecule has 94 valence electrons. The molecule has 17 heavy (non-hydrogen) atoms. The smallest absolute Gasteiger partial charge is 0.0619 e. The molecule has 1 saturated heterocycles. The Kier molecular flexibility index (Phi) is 4.57. The number of benzene rings is 1. The highest BCUT2D eigenvalue weighted by molar-refractivity contribution is 5.24. The third kappa shape index (κ3) is 3.83. The van der Waals surface area contributed by atoms with E-state index in [0.29, 0.717) is 12.0 Å². The Morgan fingerprint density at radius 2 is 2.06 bits per heavy atom. The largest absolute Gasteiger partial charge is 0.380 e. The minimum absolute atomic E-state index is 0.536. The fraction of sp³-hybridized carbons (Fsp3) is 0.600. The van der Waals surface area contributed by atoms with Crippen LogP contribution in [-0.2, 0) is 11.3 Å². The second-order valence-electron chi connectivity index (χ2n) is 5.19. The maximum atomic E-state index is 5.46. The van der Waals surface area contributed by atoms with Gasteiger partial charge >= 0.3 is 0 Å². The highest BCUT2D eigenvalue weighted by Crippen LogP contribution is 2.15. The highest BCUT2D eigenvalue weighted by atomic mass is 16.5. The number of hydrogen-bond donors (Lipinski definition) is 1. The van der Waals surface area contributed by atoms with Crippen molar-refractivity contribution in [3.63, 3.8) is 0 Å². The van der Waals surface area contributed by atoms with Gasteiger partial charge in [0.2, 0.25) is 0 Å². The summed E-state index contributed by atoms with van der Waals surface area (Å²) >= 11 is 0. The Morgan fingerprint density at radius 3 is 2.65 bits per heavy atom. The van der Waals surface area contributed by atoms with E-state index in [1.165, 1.54) is 24.0 Å². The Labute approximate surface area is 104 Å². The van der Waals surface area contributed by atoms with Crippen LogP contribution in [0.25, 0.3) is 0 Å². The van der Waals surface area contributed by atoms with Crippen molar-refractivity contribution in [3.05, 3.63) is 35.4 Å². The first-order valence-corrected chi connectivity index (χ1v) is 6.65. The summed E-state index contributed by atoms with van der Waals surface area (Å²) in [5.74, 6) is 0.615. The Bertz CT molecular complexity index is 325. The molecule has 1 heterocycles. The van der Waals surface area contributed by atoms with Gasteiger partial charge in [-0.1, -0.05) is 38.1 Å². The third-order valence-electron chi connectivity index (χ3n) is 3.40. The van der Waals surface area contributed by atoms with Crippen molar-refractivity contribution in [2.75, 3.05) is 13.2 Å². The Morgan fingerprint density at radius 1 is 1.29 bits per heavy atom. The van der Waals surface area contributed by atoms with Gasteiger partial charge in [0.15, 0.2) is 0 Å². The number of nitrogens with one attached hydrogen (secondary N) is 1. The van der Waals surface area contributed by atoms with E-state index in [1.807, 2.05) is 0 Å². The summed E-state index contributed by atoms with van der Waals surface area (Å²) in [5.41, 5.74) is 2.77. The summed E-state index contributed by atoms with van der Waals surface area (Å²) in [6.45, 7) is 7.21. The van der Waals surface area contributed by atoms with Gasteiger partial charge in [-0.2, -0.15) is 0 Å². The molecule has 0 bridgehead atoms. The molecular formula is C15H23NO. The summed E-state index contributed by atoms with van der Waals surface area (Å²) < 4.78 is 5.46. The van der Waals surface area contributed by atoms with Crippen molar-refractivity contribution in [2.45, 2.75) is 45.2 Å². The van der Waals surface area contributed by atoms with Gasteiger partial charge in [-0.15, -0.1) is 0 Å². The standard InChI is InChI=1S/C15H23NO/c1-12(2)14-7-5-13(6-8-14)10-16-15-4-3-9-17-11-15/h5-8,12,15-16H,3-4,9-11H2,1-2H3. The summed E-state index contributed by atoms with van der Waals surface area (Å²) in [6, 6.07) is 9.46. The maximum absolute atomic E-state index is 5.46. The molecule has 0 radical (unpaired) electrons. The fourth-order valence-electron chi connectivity index (χ4n) is 2.18. The van der Waals surface area contributed by atoms with E-state index < -0.39 is 0 Å². The molecule has 1 fully saturated rings. The van der Waals surface area contributed by atoms with E-state index >= 15 is 0 Å². The monoisotopic (exact) mass is 233 g/mol. The predicted molar refractivity (Wildman–Crippen MR) is 71.2 cm³/mol. The minimum atomic E-state index is 0.536.